The van der Waals surface area contributed by atoms with Crippen LogP contribution < -0.4 is 0 Å². The largest absolute Gasteiger partial charge is 0.390 e. The van der Waals surface area contributed by atoms with Gasteiger partial charge < -0.3 is 14.6 Å². The Labute approximate surface area is 229 Å². The van der Waals surface area contributed by atoms with Crippen LogP contribution in [0.25, 0.3) is 0 Å². The molecule has 10 atom stereocenters. The molecule has 5 fully saturated rings. The zero-order valence-corrected chi connectivity index (χ0v) is 25.7. The lowest BCUT2D eigenvalue weighted by Gasteiger charge is -2.67. The lowest BCUT2D eigenvalue weighted by molar-refractivity contribution is -0.208. The fourth-order valence-electron chi connectivity index (χ4n) is 11.5. The SMILES string of the molecule is C[C@H]1[C@@H](OCC2(C)COC2)CC[C@]2(C)[C@H]3CC[C@@]4(C)[C@@H](CC[C@@H]4[C@H](C)CCCC(C)(C)O)[C@]3(C)CC[C@@H]12. The third kappa shape index (κ3) is 4.88. The summed E-state index contributed by atoms with van der Waals surface area (Å²) in [4.78, 5) is 0. The van der Waals surface area contributed by atoms with Crippen molar-refractivity contribution in [3.8, 4) is 0 Å². The van der Waals surface area contributed by atoms with Gasteiger partial charge in [-0.2, -0.15) is 0 Å². The lowest BCUT2D eigenvalue weighted by Crippen LogP contribution is -2.61. The van der Waals surface area contributed by atoms with E-state index in [1.54, 1.807) is 0 Å². The lowest BCUT2D eigenvalue weighted by atomic mass is 9.38. The topological polar surface area (TPSA) is 38.7 Å². The molecule has 5 rings (SSSR count). The van der Waals surface area contributed by atoms with Crippen molar-refractivity contribution in [3.63, 3.8) is 0 Å². The van der Waals surface area contributed by atoms with Gasteiger partial charge in [-0.1, -0.05) is 54.4 Å². The van der Waals surface area contributed by atoms with Gasteiger partial charge >= 0.3 is 0 Å². The van der Waals surface area contributed by atoms with Crippen LogP contribution >= 0.6 is 0 Å². The average molecular weight is 517 g/mol. The molecule has 1 heterocycles. The Morgan fingerprint density at radius 2 is 1.54 bits per heavy atom. The third-order valence-electron chi connectivity index (χ3n) is 13.5. The van der Waals surface area contributed by atoms with Crippen LogP contribution in [0.1, 0.15) is 126 Å². The van der Waals surface area contributed by atoms with Crippen LogP contribution in [0.4, 0.5) is 0 Å². The minimum Gasteiger partial charge on any atom is -0.390 e. The molecule has 214 valence electrons. The van der Waals surface area contributed by atoms with E-state index >= 15 is 0 Å². The molecule has 3 nitrogen and oxygen atoms in total. The summed E-state index contributed by atoms with van der Waals surface area (Å²) in [6.07, 6.45) is 15.0. The minimum atomic E-state index is -0.522. The molecule has 4 aliphatic carbocycles. The Bertz CT molecular complexity index is 812. The molecular weight excluding hydrogens is 456 g/mol. The van der Waals surface area contributed by atoms with Gasteiger partial charge in [0.2, 0.25) is 0 Å². The summed E-state index contributed by atoms with van der Waals surface area (Å²) in [5.41, 5.74) is 1.22. The van der Waals surface area contributed by atoms with Crippen molar-refractivity contribution in [2.24, 2.45) is 57.2 Å². The monoisotopic (exact) mass is 516 g/mol. The molecule has 1 saturated heterocycles. The van der Waals surface area contributed by atoms with Crippen LogP contribution in [-0.4, -0.2) is 36.6 Å². The van der Waals surface area contributed by atoms with E-state index in [0.29, 0.717) is 28.3 Å². The molecule has 3 heteroatoms. The molecule has 0 bridgehead atoms. The zero-order valence-electron chi connectivity index (χ0n) is 25.7. The van der Waals surface area contributed by atoms with Crippen molar-refractivity contribution in [1.29, 1.82) is 0 Å². The van der Waals surface area contributed by atoms with Gasteiger partial charge in [-0.25, -0.2) is 0 Å². The van der Waals surface area contributed by atoms with E-state index in [9.17, 15) is 5.11 Å². The van der Waals surface area contributed by atoms with Crippen LogP contribution in [-0.2, 0) is 9.47 Å². The molecule has 0 aromatic heterocycles. The van der Waals surface area contributed by atoms with E-state index in [1.165, 1.54) is 57.8 Å². The van der Waals surface area contributed by atoms with Gasteiger partial charge in [0.05, 0.1) is 31.5 Å². The average Bonchev–Trinajstić information content (AvgIpc) is 3.14. The molecular formula is C34H60O3. The Hall–Kier alpha value is -0.120. The summed E-state index contributed by atoms with van der Waals surface area (Å²) >= 11 is 0. The van der Waals surface area contributed by atoms with Gasteiger partial charge in [0, 0.05) is 5.41 Å². The molecule has 4 saturated carbocycles. The van der Waals surface area contributed by atoms with Crippen molar-refractivity contribution in [1.82, 2.24) is 0 Å². The Morgan fingerprint density at radius 1 is 0.892 bits per heavy atom. The summed E-state index contributed by atoms with van der Waals surface area (Å²) in [5, 5.41) is 10.2. The summed E-state index contributed by atoms with van der Waals surface area (Å²) < 4.78 is 12.1. The summed E-state index contributed by atoms with van der Waals surface area (Å²) in [7, 11) is 0. The van der Waals surface area contributed by atoms with Crippen LogP contribution in [0, 0.1) is 57.2 Å². The summed E-state index contributed by atoms with van der Waals surface area (Å²) in [6, 6.07) is 0. The number of aliphatic hydroxyl groups is 1. The van der Waals surface area contributed by atoms with E-state index in [2.05, 4.69) is 41.5 Å². The summed E-state index contributed by atoms with van der Waals surface area (Å²) in [5.74, 6) is 4.90. The smallest absolute Gasteiger partial charge is 0.0604 e. The predicted molar refractivity (Wildman–Crippen MR) is 152 cm³/mol. The van der Waals surface area contributed by atoms with Gasteiger partial charge in [0.15, 0.2) is 0 Å². The second kappa shape index (κ2) is 9.76. The molecule has 37 heavy (non-hydrogen) atoms. The first-order valence-corrected chi connectivity index (χ1v) is 16.1. The normalized spacial score (nSPS) is 47.9. The van der Waals surface area contributed by atoms with Gasteiger partial charge in [0.1, 0.15) is 0 Å². The molecule has 0 aromatic rings. The second-order valence-corrected chi connectivity index (χ2v) is 16.7. The minimum absolute atomic E-state index is 0.254. The van der Waals surface area contributed by atoms with Crippen molar-refractivity contribution < 1.29 is 14.6 Å². The highest BCUT2D eigenvalue weighted by atomic mass is 16.5. The maximum atomic E-state index is 10.2. The van der Waals surface area contributed by atoms with Gasteiger partial charge in [-0.15, -0.1) is 0 Å². The highest BCUT2D eigenvalue weighted by molar-refractivity contribution is 5.15. The van der Waals surface area contributed by atoms with Gasteiger partial charge in [-0.3, -0.25) is 0 Å². The van der Waals surface area contributed by atoms with E-state index < -0.39 is 5.60 Å². The predicted octanol–water partition coefficient (Wildman–Crippen LogP) is 8.28. The first-order chi connectivity index (χ1) is 17.2. The standard InChI is InChI=1S/C34H60O3/c1-23(10-9-16-30(3,4)35)25-11-12-28-32(25,6)19-15-29-33(7)18-14-27(37-22-31(5)20-36-21-31)24(2)26(33)13-17-34(28,29)8/h23-29,35H,9-22H2,1-8H3/t23-,24-,25-,26+,27+,28-,29-,32-,33+,34+/m1/s1. The quantitative estimate of drug-likeness (QED) is 0.353. The molecule has 0 aromatic carbocycles. The van der Waals surface area contributed by atoms with Crippen LogP contribution in [0.3, 0.4) is 0 Å². The highest BCUT2D eigenvalue weighted by Gasteiger charge is 2.66. The number of rotatable bonds is 8. The summed E-state index contributed by atoms with van der Waals surface area (Å²) in [6.45, 7) is 22.1. The van der Waals surface area contributed by atoms with E-state index in [-0.39, 0.29) is 5.41 Å². The maximum Gasteiger partial charge on any atom is 0.0604 e. The molecule has 0 amide bonds. The van der Waals surface area contributed by atoms with E-state index in [4.69, 9.17) is 9.47 Å². The fourth-order valence-corrected chi connectivity index (χ4v) is 11.5. The Kier molecular flexibility index (Phi) is 7.49. The number of hydrogen-bond donors (Lipinski definition) is 1. The van der Waals surface area contributed by atoms with Crippen molar-refractivity contribution in [2.45, 2.75) is 138 Å². The molecule has 1 N–H and O–H groups in total. The fraction of sp³-hybridized carbons (Fsp3) is 1.00. The van der Waals surface area contributed by atoms with Crippen LogP contribution in [0.15, 0.2) is 0 Å². The van der Waals surface area contributed by atoms with Crippen molar-refractivity contribution >= 4 is 0 Å². The van der Waals surface area contributed by atoms with Crippen LogP contribution in [0.5, 0.6) is 0 Å². The molecule has 1 aliphatic heterocycles. The first kappa shape index (κ1) is 28.4. The number of ether oxygens (including phenoxy) is 2. The Morgan fingerprint density at radius 3 is 2.19 bits per heavy atom. The van der Waals surface area contributed by atoms with Crippen molar-refractivity contribution in [2.75, 3.05) is 19.8 Å². The van der Waals surface area contributed by atoms with E-state index in [1.807, 2.05) is 13.8 Å². The first-order valence-electron chi connectivity index (χ1n) is 16.1. The maximum absolute atomic E-state index is 10.2. The van der Waals surface area contributed by atoms with Crippen LogP contribution in [0.2, 0.25) is 0 Å². The van der Waals surface area contributed by atoms with Gasteiger partial charge in [0.25, 0.3) is 0 Å². The number of hydrogen-bond acceptors (Lipinski definition) is 3. The molecule has 0 unspecified atom stereocenters. The third-order valence-corrected chi connectivity index (χ3v) is 13.5. The second-order valence-electron chi connectivity index (χ2n) is 16.7. The van der Waals surface area contributed by atoms with E-state index in [0.717, 1.165) is 62.3 Å². The molecule has 5 aliphatic rings. The Balaban J connectivity index is 1.27. The number of fused-ring (bicyclic) bond motifs is 5. The van der Waals surface area contributed by atoms with Crippen molar-refractivity contribution in [3.05, 3.63) is 0 Å². The zero-order chi connectivity index (χ0) is 26.9. The molecule has 0 radical (unpaired) electrons. The molecule has 0 spiro atoms. The van der Waals surface area contributed by atoms with Gasteiger partial charge in [-0.05, 0) is 123 Å². The highest BCUT2D eigenvalue weighted by Crippen LogP contribution is 2.73.